The summed E-state index contributed by atoms with van der Waals surface area (Å²) in [5.74, 6) is 0.311. The molecule has 1 aromatic heterocycles. The third kappa shape index (κ3) is 3.85. The lowest BCUT2D eigenvalue weighted by Gasteiger charge is -2.18. The molecule has 0 saturated carbocycles. The number of tetrazole rings is 1. The van der Waals surface area contributed by atoms with Crippen LogP contribution >= 0.6 is 0 Å². The van der Waals surface area contributed by atoms with Crippen LogP contribution < -0.4 is 5.32 Å². The second-order valence-corrected chi connectivity index (χ2v) is 6.13. The highest BCUT2D eigenvalue weighted by Crippen LogP contribution is 2.19. The first-order valence-corrected chi connectivity index (χ1v) is 8.45. The molecule has 6 nitrogen and oxygen atoms in total. The first-order valence-electron chi connectivity index (χ1n) is 8.45. The van der Waals surface area contributed by atoms with Crippen molar-refractivity contribution < 1.29 is 4.79 Å². The molecule has 3 rings (SSSR count). The Hall–Kier alpha value is -3.28. The molecule has 0 spiro atoms. The maximum absolute atomic E-state index is 13.0. The monoisotopic (exact) mass is 347 g/mol. The van der Waals surface area contributed by atoms with Crippen molar-refractivity contribution in [1.82, 2.24) is 25.5 Å². The summed E-state index contributed by atoms with van der Waals surface area (Å²) in [5, 5.41) is 14.6. The summed E-state index contributed by atoms with van der Waals surface area (Å²) < 4.78 is 1.45. The standard InChI is InChI=1S/C20H21N5O/c1-14-9-7-8-12-18(14)15(2)21-20(26)19(25-16(3)22-23-24-25)13-17-10-5-4-6-11-17/h4-13,15H,1-3H3,(H,21,26)/b19-13+/t15-/m0/s1. The van der Waals surface area contributed by atoms with Gasteiger partial charge in [0.1, 0.15) is 5.70 Å². The molecule has 1 heterocycles. The number of amides is 1. The van der Waals surface area contributed by atoms with Crippen molar-refractivity contribution in [2.75, 3.05) is 0 Å². The Bertz CT molecular complexity index is 930. The van der Waals surface area contributed by atoms with E-state index in [1.807, 2.05) is 68.4 Å². The van der Waals surface area contributed by atoms with Crippen LogP contribution in [0.5, 0.6) is 0 Å². The fraction of sp³-hybridized carbons (Fsp3) is 0.200. The van der Waals surface area contributed by atoms with E-state index in [1.54, 1.807) is 13.0 Å². The van der Waals surface area contributed by atoms with Gasteiger partial charge in [-0.2, -0.15) is 4.68 Å². The highest BCUT2D eigenvalue weighted by atomic mass is 16.2. The minimum absolute atomic E-state index is 0.139. The first kappa shape index (κ1) is 17.5. The summed E-state index contributed by atoms with van der Waals surface area (Å²) >= 11 is 0. The summed E-state index contributed by atoms with van der Waals surface area (Å²) in [4.78, 5) is 13.0. The summed E-state index contributed by atoms with van der Waals surface area (Å²) in [6.45, 7) is 5.76. The van der Waals surface area contributed by atoms with Crippen molar-refractivity contribution in [2.45, 2.75) is 26.8 Å². The molecule has 0 radical (unpaired) electrons. The van der Waals surface area contributed by atoms with Gasteiger partial charge in [0.25, 0.3) is 5.91 Å². The summed E-state index contributed by atoms with van der Waals surface area (Å²) in [6.07, 6.45) is 1.78. The van der Waals surface area contributed by atoms with Crippen LogP contribution in [0.25, 0.3) is 11.8 Å². The number of rotatable bonds is 5. The Morgan fingerprint density at radius 2 is 1.77 bits per heavy atom. The Kier molecular flexibility index (Phi) is 5.22. The van der Waals surface area contributed by atoms with Gasteiger partial charge in [0, 0.05) is 0 Å². The largest absolute Gasteiger partial charge is 0.344 e. The third-order valence-electron chi connectivity index (χ3n) is 4.19. The Morgan fingerprint density at radius 1 is 1.08 bits per heavy atom. The van der Waals surface area contributed by atoms with Crippen LogP contribution in [0, 0.1) is 13.8 Å². The van der Waals surface area contributed by atoms with Gasteiger partial charge in [0.2, 0.25) is 0 Å². The van der Waals surface area contributed by atoms with Crippen molar-refractivity contribution >= 4 is 17.7 Å². The molecule has 0 fully saturated rings. The lowest BCUT2D eigenvalue weighted by Crippen LogP contribution is -2.30. The first-order chi connectivity index (χ1) is 12.6. The number of carbonyl (C=O) groups excluding carboxylic acids is 1. The van der Waals surface area contributed by atoms with E-state index >= 15 is 0 Å². The molecule has 0 aliphatic heterocycles. The molecule has 3 aromatic rings. The molecule has 0 bridgehead atoms. The lowest BCUT2D eigenvalue weighted by atomic mass is 10.0. The highest BCUT2D eigenvalue weighted by molar-refractivity contribution is 6.18. The Balaban J connectivity index is 1.92. The molecule has 0 aliphatic carbocycles. The molecular formula is C20H21N5O. The van der Waals surface area contributed by atoms with Crippen molar-refractivity contribution in [3.05, 3.63) is 77.1 Å². The molecule has 1 amide bonds. The van der Waals surface area contributed by atoms with E-state index in [1.165, 1.54) is 4.68 Å². The van der Waals surface area contributed by atoms with Gasteiger partial charge in [0.15, 0.2) is 5.82 Å². The summed E-state index contributed by atoms with van der Waals surface area (Å²) in [7, 11) is 0. The zero-order valence-electron chi connectivity index (χ0n) is 15.0. The number of benzene rings is 2. The summed E-state index contributed by atoms with van der Waals surface area (Å²) in [5.41, 5.74) is 3.48. The fourth-order valence-electron chi connectivity index (χ4n) is 2.81. The van der Waals surface area contributed by atoms with E-state index in [9.17, 15) is 4.79 Å². The number of hydrogen-bond acceptors (Lipinski definition) is 4. The van der Waals surface area contributed by atoms with Gasteiger partial charge in [-0.1, -0.05) is 54.6 Å². The van der Waals surface area contributed by atoms with Gasteiger partial charge >= 0.3 is 0 Å². The van der Waals surface area contributed by atoms with Gasteiger partial charge in [-0.15, -0.1) is 5.10 Å². The fourth-order valence-corrected chi connectivity index (χ4v) is 2.81. The average molecular weight is 347 g/mol. The highest BCUT2D eigenvalue weighted by Gasteiger charge is 2.19. The molecule has 1 N–H and O–H groups in total. The van der Waals surface area contributed by atoms with Gasteiger partial charge < -0.3 is 5.32 Å². The van der Waals surface area contributed by atoms with Crippen molar-refractivity contribution in [2.24, 2.45) is 0 Å². The van der Waals surface area contributed by atoms with E-state index in [4.69, 9.17) is 0 Å². The zero-order valence-corrected chi connectivity index (χ0v) is 15.0. The molecule has 132 valence electrons. The Morgan fingerprint density at radius 3 is 2.42 bits per heavy atom. The molecule has 0 saturated heterocycles. The maximum Gasteiger partial charge on any atom is 0.270 e. The Labute approximate surface area is 152 Å². The summed E-state index contributed by atoms with van der Waals surface area (Å²) in [6, 6.07) is 17.5. The van der Waals surface area contributed by atoms with Gasteiger partial charge in [0.05, 0.1) is 6.04 Å². The van der Waals surface area contributed by atoms with Crippen molar-refractivity contribution in [3.8, 4) is 0 Å². The van der Waals surface area contributed by atoms with E-state index in [2.05, 4.69) is 20.8 Å². The van der Waals surface area contributed by atoms with Crippen LogP contribution in [-0.2, 0) is 4.79 Å². The smallest absolute Gasteiger partial charge is 0.270 e. The third-order valence-corrected chi connectivity index (χ3v) is 4.19. The van der Waals surface area contributed by atoms with E-state index in [0.29, 0.717) is 11.5 Å². The van der Waals surface area contributed by atoms with Gasteiger partial charge in [-0.05, 0) is 54.0 Å². The number of aryl methyl sites for hydroxylation is 2. The normalized spacial score (nSPS) is 12.7. The van der Waals surface area contributed by atoms with Crippen LogP contribution in [0.2, 0.25) is 0 Å². The van der Waals surface area contributed by atoms with E-state index in [0.717, 1.165) is 16.7 Å². The lowest BCUT2D eigenvalue weighted by molar-refractivity contribution is -0.116. The van der Waals surface area contributed by atoms with E-state index in [-0.39, 0.29) is 11.9 Å². The molecular weight excluding hydrogens is 326 g/mol. The number of hydrogen-bond donors (Lipinski definition) is 1. The van der Waals surface area contributed by atoms with Gasteiger partial charge in [-0.25, -0.2) is 0 Å². The number of carbonyl (C=O) groups is 1. The minimum atomic E-state index is -0.236. The topological polar surface area (TPSA) is 72.7 Å². The van der Waals surface area contributed by atoms with Gasteiger partial charge in [-0.3, -0.25) is 4.79 Å². The van der Waals surface area contributed by atoms with Crippen LogP contribution in [0.1, 0.15) is 35.5 Å². The SMILES string of the molecule is Cc1ccccc1[C@H](C)NC(=O)/C(=C\c1ccccc1)n1nnnc1C. The molecule has 0 unspecified atom stereocenters. The number of nitrogens with zero attached hydrogens (tertiary/aromatic N) is 4. The van der Waals surface area contributed by atoms with Crippen LogP contribution in [0.4, 0.5) is 0 Å². The van der Waals surface area contributed by atoms with E-state index < -0.39 is 0 Å². The molecule has 0 aliphatic rings. The molecule has 6 heteroatoms. The number of aromatic nitrogens is 4. The predicted molar refractivity (Wildman–Crippen MR) is 101 cm³/mol. The second-order valence-electron chi connectivity index (χ2n) is 6.13. The second kappa shape index (κ2) is 7.74. The van der Waals surface area contributed by atoms with Crippen LogP contribution in [0.15, 0.2) is 54.6 Å². The van der Waals surface area contributed by atoms with Crippen LogP contribution in [-0.4, -0.2) is 26.1 Å². The molecule has 2 aromatic carbocycles. The van der Waals surface area contributed by atoms with Crippen molar-refractivity contribution in [1.29, 1.82) is 0 Å². The van der Waals surface area contributed by atoms with Crippen molar-refractivity contribution in [3.63, 3.8) is 0 Å². The number of nitrogens with one attached hydrogen (secondary N) is 1. The minimum Gasteiger partial charge on any atom is -0.344 e. The zero-order chi connectivity index (χ0) is 18.5. The average Bonchev–Trinajstić information content (AvgIpc) is 3.06. The predicted octanol–water partition coefficient (Wildman–Crippen LogP) is 3.17. The molecule has 1 atom stereocenters. The van der Waals surface area contributed by atoms with Crippen LogP contribution in [0.3, 0.4) is 0 Å². The quantitative estimate of drug-likeness (QED) is 0.720. The molecule has 26 heavy (non-hydrogen) atoms. The maximum atomic E-state index is 13.0.